The quantitative estimate of drug-likeness (QED) is 0.665. The summed E-state index contributed by atoms with van der Waals surface area (Å²) in [7, 11) is 0. The van der Waals surface area contributed by atoms with Gasteiger partial charge in [-0.1, -0.05) is 27.7 Å². The third-order valence-corrected chi connectivity index (χ3v) is 3.80. The van der Waals surface area contributed by atoms with Crippen LogP contribution in [0.2, 0.25) is 0 Å². The van der Waals surface area contributed by atoms with E-state index >= 15 is 0 Å². The highest BCUT2D eigenvalue weighted by atomic mass is 79.9. The smallest absolute Gasteiger partial charge is 0.335 e. The summed E-state index contributed by atoms with van der Waals surface area (Å²) < 4.78 is 0.598. The van der Waals surface area contributed by atoms with E-state index in [0.29, 0.717) is 14.4 Å². The molecule has 2 rings (SSSR count). The highest BCUT2D eigenvalue weighted by Crippen LogP contribution is 2.35. The predicted octanol–water partition coefficient (Wildman–Crippen LogP) is 3.60. The fraction of sp³-hybridized carbons (Fsp3) is 0. The van der Waals surface area contributed by atoms with Gasteiger partial charge in [0.05, 0.1) is 15.4 Å². The highest BCUT2D eigenvalue weighted by Gasteiger charge is 2.16. The first-order chi connectivity index (χ1) is 9.47. The van der Waals surface area contributed by atoms with Crippen molar-refractivity contribution in [3.8, 4) is 0 Å². The van der Waals surface area contributed by atoms with Crippen LogP contribution in [0.1, 0.15) is 10.4 Å². The van der Waals surface area contributed by atoms with Gasteiger partial charge in [-0.25, -0.2) is 9.78 Å². The number of benzene rings is 1. The van der Waals surface area contributed by atoms with Crippen LogP contribution in [0.15, 0.2) is 50.9 Å². The van der Waals surface area contributed by atoms with E-state index in [-0.39, 0.29) is 11.3 Å². The minimum Gasteiger partial charge on any atom is -0.478 e. The summed E-state index contributed by atoms with van der Waals surface area (Å²) in [6, 6.07) is 7.39. The molecule has 1 aromatic heterocycles. The summed E-state index contributed by atoms with van der Waals surface area (Å²) >= 11 is 4.22. The van der Waals surface area contributed by atoms with Crippen molar-refractivity contribution in [3.63, 3.8) is 0 Å². The first kappa shape index (κ1) is 14.5. The SMILES string of the molecule is O=C(O)c1ccnc(Sc2ccc(Br)cc2[N+](=O)[O-])c1. The topological polar surface area (TPSA) is 93.3 Å². The molecule has 0 aliphatic carbocycles. The summed E-state index contributed by atoms with van der Waals surface area (Å²) in [5.41, 5.74) is 0.0224. The minimum atomic E-state index is -1.07. The Hall–Kier alpha value is -1.93. The van der Waals surface area contributed by atoms with Crippen LogP contribution in [0.25, 0.3) is 0 Å². The Kier molecular flexibility index (Phi) is 4.35. The van der Waals surface area contributed by atoms with E-state index in [0.717, 1.165) is 11.8 Å². The molecule has 0 radical (unpaired) electrons. The fourth-order valence-electron chi connectivity index (χ4n) is 1.43. The Morgan fingerprint density at radius 1 is 1.35 bits per heavy atom. The molecule has 0 spiro atoms. The Balaban J connectivity index is 2.37. The lowest BCUT2D eigenvalue weighted by Crippen LogP contribution is -1.97. The zero-order chi connectivity index (χ0) is 14.7. The number of carboxylic acids is 1. The van der Waals surface area contributed by atoms with Gasteiger partial charge >= 0.3 is 5.97 Å². The predicted molar refractivity (Wildman–Crippen MR) is 76.1 cm³/mol. The summed E-state index contributed by atoms with van der Waals surface area (Å²) in [5.74, 6) is -1.07. The van der Waals surface area contributed by atoms with E-state index in [2.05, 4.69) is 20.9 Å². The van der Waals surface area contributed by atoms with Crippen LogP contribution in [-0.4, -0.2) is 21.0 Å². The number of nitrogens with zero attached hydrogens (tertiary/aromatic N) is 2. The number of carbonyl (C=O) groups is 1. The van der Waals surface area contributed by atoms with Crippen molar-refractivity contribution in [2.24, 2.45) is 0 Å². The number of nitro groups is 1. The van der Waals surface area contributed by atoms with E-state index < -0.39 is 10.9 Å². The number of nitro benzene ring substituents is 1. The van der Waals surface area contributed by atoms with Crippen molar-refractivity contribution in [3.05, 3.63) is 56.7 Å². The van der Waals surface area contributed by atoms with Gasteiger partial charge in [0.25, 0.3) is 5.69 Å². The number of aromatic carboxylic acids is 1. The molecule has 0 atom stereocenters. The van der Waals surface area contributed by atoms with Crippen LogP contribution in [0.4, 0.5) is 5.69 Å². The first-order valence-corrected chi connectivity index (χ1v) is 6.89. The first-order valence-electron chi connectivity index (χ1n) is 5.28. The van der Waals surface area contributed by atoms with Crippen LogP contribution >= 0.6 is 27.7 Å². The third-order valence-electron chi connectivity index (χ3n) is 2.31. The molecule has 0 bridgehead atoms. The zero-order valence-electron chi connectivity index (χ0n) is 9.82. The molecule has 0 unspecified atom stereocenters. The second-order valence-corrected chi connectivity index (χ2v) is 5.64. The molecule has 8 heteroatoms. The molecule has 2 aromatic rings. The molecule has 1 heterocycles. The monoisotopic (exact) mass is 354 g/mol. The van der Waals surface area contributed by atoms with Gasteiger partial charge in [0.1, 0.15) is 5.03 Å². The maximum absolute atomic E-state index is 11.0. The summed E-state index contributed by atoms with van der Waals surface area (Å²) in [5, 5.41) is 20.3. The van der Waals surface area contributed by atoms with Crippen molar-refractivity contribution in [1.82, 2.24) is 4.98 Å². The van der Waals surface area contributed by atoms with E-state index in [1.807, 2.05) is 0 Å². The molecule has 0 aliphatic rings. The number of rotatable bonds is 4. The van der Waals surface area contributed by atoms with E-state index in [1.165, 1.54) is 24.4 Å². The second kappa shape index (κ2) is 6.02. The fourth-order valence-corrected chi connectivity index (χ4v) is 2.68. The molecule has 1 aromatic carbocycles. The Morgan fingerprint density at radius 3 is 2.75 bits per heavy atom. The normalized spacial score (nSPS) is 10.2. The van der Waals surface area contributed by atoms with E-state index in [9.17, 15) is 14.9 Å². The van der Waals surface area contributed by atoms with Crippen LogP contribution in [0.3, 0.4) is 0 Å². The molecule has 0 fully saturated rings. The van der Waals surface area contributed by atoms with Crippen LogP contribution in [0, 0.1) is 10.1 Å². The molecule has 0 aliphatic heterocycles. The lowest BCUT2D eigenvalue weighted by Gasteiger charge is -2.03. The molecule has 0 saturated carbocycles. The Labute approximate surface area is 126 Å². The van der Waals surface area contributed by atoms with Gasteiger partial charge in [-0.2, -0.15) is 0 Å². The largest absolute Gasteiger partial charge is 0.478 e. The van der Waals surface area contributed by atoms with Gasteiger partial charge in [-0.3, -0.25) is 10.1 Å². The maximum atomic E-state index is 11.0. The number of hydrogen-bond donors (Lipinski definition) is 1. The maximum Gasteiger partial charge on any atom is 0.335 e. The van der Waals surface area contributed by atoms with Gasteiger partial charge < -0.3 is 5.11 Å². The standard InChI is InChI=1S/C12H7BrN2O4S/c13-8-1-2-10(9(6-8)15(18)19)20-11-5-7(12(16)17)3-4-14-11/h1-6H,(H,16,17). The minimum absolute atomic E-state index is 0.0631. The Morgan fingerprint density at radius 2 is 2.10 bits per heavy atom. The highest BCUT2D eigenvalue weighted by molar-refractivity contribution is 9.10. The lowest BCUT2D eigenvalue weighted by atomic mass is 10.3. The summed E-state index contributed by atoms with van der Waals surface area (Å²) in [4.78, 5) is 25.8. The molecule has 6 nitrogen and oxygen atoms in total. The van der Waals surface area contributed by atoms with Gasteiger partial charge in [-0.05, 0) is 24.3 Å². The number of halogens is 1. The number of pyridine rings is 1. The van der Waals surface area contributed by atoms with Crippen molar-refractivity contribution >= 4 is 39.3 Å². The third kappa shape index (κ3) is 3.34. The molecule has 0 saturated heterocycles. The van der Waals surface area contributed by atoms with Gasteiger partial charge in [0.2, 0.25) is 0 Å². The lowest BCUT2D eigenvalue weighted by molar-refractivity contribution is -0.387. The number of carboxylic acid groups (broad SMARTS) is 1. The number of hydrogen-bond acceptors (Lipinski definition) is 5. The Bertz CT molecular complexity index is 693. The molecule has 102 valence electrons. The van der Waals surface area contributed by atoms with Crippen LogP contribution < -0.4 is 0 Å². The van der Waals surface area contributed by atoms with Crippen molar-refractivity contribution in [2.75, 3.05) is 0 Å². The molecular formula is C12H7BrN2O4S. The molecular weight excluding hydrogens is 348 g/mol. The van der Waals surface area contributed by atoms with E-state index in [1.54, 1.807) is 12.1 Å². The molecule has 1 N–H and O–H groups in total. The van der Waals surface area contributed by atoms with Crippen LogP contribution in [-0.2, 0) is 0 Å². The van der Waals surface area contributed by atoms with E-state index in [4.69, 9.17) is 5.11 Å². The second-order valence-electron chi connectivity index (χ2n) is 3.66. The summed E-state index contributed by atoms with van der Waals surface area (Å²) in [6.45, 7) is 0. The molecule has 0 amide bonds. The van der Waals surface area contributed by atoms with Crippen molar-refractivity contribution in [2.45, 2.75) is 9.92 Å². The van der Waals surface area contributed by atoms with Crippen molar-refractivity contribution < 1.29 is 14.8 Å². The molecule has 20 heavy (non-hydrogen) atoms. The average Bonchev–Trinajstić information content (AvgIpc) is 2.41. The zero-order valence-corrected chi connectivity index (χ0v) is 12.2. The average molecular weight is 355 g/mol. The van der Waals surface area contributed by atoms with Crippen molar-refractivity contribution in [1.29, 1.82) is 0 Å². The number of aromatic nitrogens is 1. The van der Waals surface area contributed by atoms with Gasteiger partial charge in [-0.15, -0.1) is 0 Å². The van der Waals surface area contributed by atoms with Crippen LogP contribution in [0.5, 0.6) is 0 Å². The van der Waals surface area contributed by atoms with Gasteiger partial charge in [0, 0.05) is 16.7 Å². The van der Waals surface area contributed by atoms with Gasteiger partial charge in [0.15, 0.2) is 0 Å². The summed E-state index contributed by atoms with van der Waals surface area (Å²) in [6.07, 6.45) is 1.36.